The van der Waals surface area contributed by atoms with E-state index in [-0.39, 0.29) is 11.7 Å². The number of fused-ring (bicyclic) bond motifs is 1. The molecule has 8 nitrogen and oxygen atoms in total. The molecule has 10 heteroatoms. The van der Waals surface area contributed by atoms with Crippen molar-refractivity contribution < 1.29 is 13.2 Å². The summed E-state index contributed by atoms with van der Waals surface area (Å²) in [6.07, 6.45) is 4.53. The van der Waals surface area contributed by atoms with Crippen LogP contribution in [-0.4, -0.2) is 40.7 Å². The van der Waals surface area contributed by atoms with Crippen LogP contribution < -0.4 is 5.32 Å². The molecule has 2 N–H and O–H groups in total. The molecule has 0 aliphatic carbocycles. The van der Waals surface area contributed by atoms with E-state index in [4.69, 9.17) is 0 Å². The van der Waals surface area contributed by atoms with Crippen LogP contribution in [-0.2, 0) is 15.6 Å². The van der Waals surface area contributed by atoms with Crippen molar-refractivity contribution in [3.8, 4) is 11.1 Å². The summed E-state index contributed by atoms with van der Waals surface area (Å²) in [5.74, 6) is -0.391. The quantitative estimate of drug-likeness (QED) is 0.489. The summed E-state index contributed by atoms with van der Waals surface area (Å²) >= 11 is 1.41. The molecule has 0 aliphatic heterocycles. The number of rotatable bonds is 5. The van der Waals surface area contributed by atoms with Gasteiger partial charge in [0, 0.05) is 34.5 Å². The van der Waals surface area contributed by atoms with Crippen molar-refractivity contribution in [2.75, 3.05) is 11.6 Å². The summed E-state index contributed by atoms with van der Waals surface area (Å²) in [6, 6.07) is 5.53. The maximum atomic E-state index is 12.6. The average molecular weight is 442 g/mol. The van der Waals surface area contributed by atoms with Gasteiger partial charge in [-0.2, -0.15) is 5.10 Å². The van der Waals surface area contributed by atoms with Crippen LogP contribution in [0.5, 0.6) is 0 Å². The molecule has 1 aromatic carbocycles. The van der Waals surface area contributed by atoms with Gasteiger partial charge in [-0.3, -0.25) is 14.9 Å². The zero-order valence-corrected chi connectivity index (χ0v) is 18.2. The lowest BCUT2D eigenvalue weighted by Gasteiger charge is -2.11. The monoisotopic (exact) mass is 441 g/mol. The minimum atomic E-state index is -3.20. The minimum Gasteiger partial charge on any atom is -0.320 e. The second kappa shape index (κ2) is 7.62. The van der Waals surface area contributed by atoms with Crippen molar-refractivity contribution in [3.05, 3.63) is 57.9 Å². The van der Waals surface area contributed by atoms with Crippen molar-refractivity contribution in [3.63, 3.8) is 0 Å². The Balaban J connectivity index is 1.76. The van der Waals surface area contributed by atoms with E-state index in [1.807, 2.05) is 25.1 Å². The van der Waals surface area contributed by atoms with Gasteiger partial charge in [-0.05, 0) is 43.2 Å². The van der Waals surface area contributed by atoms with Gasteiger partial charge >= 0.3 is 0 Å². The molecule has 0 atom stereocenters. The van der Waals surface area contributed by atoms with Crippen molar-refractivity contribution in [2.24, 2.45) is 0 Å². The molecule has 0 unspecified atom stereocenters. The predicted molar refractivity (Wildman–Crippen MR) is 117 cm³/mol. The van der Waals surface area contributed by atoms with Gasteiger partial charge in [0.05, 0.1) is 28.2 Å². The van der Waals surface area contributed by atoms with Gasteiger partial charge in [0.2, 0.25) is 0 Å². The third kappa shape index (κ3) is 4.24. The Kier molecular flexibility index (Phi) is 5.12. The molecule has 0 aliphatic rings. The number of H-pyrrole nitrogens is 1. The van der Waals surface area contributed by atoms with Gasteiger partial charge in [0.15, 0.2) is 9.84 Å². The number of nitrogens with zero attached hydrogens (tertiary/aromatic N) is 3. The molecule has 0 fully saturated rings. The van der Waals surface area contributed by atoms with Crippen LogP contribution in [0.15, 0.2) is 36.0 Å². The second-order valence-electron chi connectivity index (χ2n) is 7.10. The number of amides is 1. The van der Waals surface area contributed by atoms with E-state index in [2.05, 4.69) is 25.5 Å². The lowest BCUT2D eigenvalue weighted by Crippen LogP contribution is -2.12. The maximum absolute atomic E-state index is 12.6. The van der Waals surface area contributed by atoms with Gasteiger partial charge in [0.1, 0.15) is 5.69 Å². The Bertz CT molecular complexity index is 1370. The lowest BCUT2D eigenvalue weighted by molar-refractivity contribution is 0.102. The summed E-state index contributed by atoms with van der Waals surface area (Å²) in [5, 5.41) is 13.2. The Hall–Kier alpha value is -3.11. The van der Waals surface area contributed by atoms with E-state index in [9.17, 15) is 13.2 Å². The highest BCUT2D eigenvalue weighted by atomic mass is 32.2. The summed E-state index contributed by atoms with van der Waals surface area (Å²) in [6.45, 7) is 3.62. The number of sulfone groups is 1. The molecule has 30 heavy (non-hydrogen) atoms. The minimum absolute atomic E-state index is 0.0846. The predicted octanol–water partition coefficient (Wildman–Crippen LogP) is 3.50. The molecule has 0 saturated heterocycles. The van der Waals surface area contributed by atoms with Crippen LogP contribution in [0.2, 0.25) is 0 Å². The Morgan fingerprint density at radius 3 is 2.67 bits per heavy atom. The van der Waals surface area contributed by atoms with Crippen LogP contribution >= 0.6 is 11.3 Å². The van der Waals surface area contributed by atoms with Crippen molar-refractivity contribution >= 4 is 43.7 Å². The van der Waals surface area contributed by atoms with E-state index in [1.165, 1.54) is 17.6 Å². The molecule has 0 saturated carbocycles. The summed E-state index contributed by atoms with van der Waals surface area (Å²) < 4.78 is 23.5. The fourth-order valence-corrected chi connectivity index (χ4v) is 4.59. The standard InChI is InChI=1S/C20H19N5O3S2/c1-11-15(10-30(3,27)28)4-14(7-21-11)13-5-17(16-8-22-25-18(16)6-13)24-20(26)19-9-29-12(2)23-19/h4-9H,10H2,1-3H3,(H,22,25)(H,24,26). The van der Waals surface area contributed by atoms with E-state index >= 15 is 0 Å². The second-order valence-corrected chi connectivity index (χ2v) is 10.3. The molecule has 3 aromatic heterocycles. The van der Waals surface area contributed by atoms with Crippen LogP contribution in [0.4, 0.5) is 5.69 Å². The zero-order valence-electron chi connectivity index (χ0n) is 16.6. The molecule has 4 aromatic rings. The van der Waals surface area contributed by atoms with Gasteiger partial charge in [-0.1, -0.05) is 0 Å². The molecular weight excluding hydrogens is 422 g/mol. The van der Waals surface area contributed by atoms with Crippen LogP contribution in [0, 0.1) is 13.8 Å². The molecule has 1 amide bonds. The number of aryl methyl sites for hydroxylation is 2. The fraction of sp³-hybridized carbons (Fsp3) is 0.200. The molecule has 0 radical (unpaired) electrons. The first-order valence-electron chi connectivity index (χ1n) is 9.04. The van der Waals surface area contributed by atoms with Gasteiger partial charge < -0.3 is 5.32 Å². The first kappa shape index (κ1) is 20.2. The number of pyridine rings is 1. The fourth-order valence-electron chi connectivity index (χ4n) is 3.14. The molecule has 0 spiro atoms. The first-order valence-corrected chi connectivity index (χ1v) is 12.0. The number of aromatic amines is 1. The van der Waals surface area contributed by atoms with Crippen molar-refractivity contribution in [2.45, 2.75) is 19.6 Å². The first-order chi connectivity index (χ1) is 14.2. The number of aromatic nitrogens is 4. The van der Waals surface area contributed by atoms with E-state index in [0.717, 1.165) is 27.0 Å². The Labute approximate surface area is 177 Å². The van der Waals surface area contributed by atoms with Crippen molar-refractivity contribution in [1.29, 1.82) is 0 Å². The van der Waals surface area contributed by atoms with E-state index < -0.39 is 9.84 Å². The molecule has 4 rings (SSSR count). The SMILES string of the molecule is Cc1nc(C(=O)Nc2cc(-c3cnc(C)c(CS(C)(=O)=O)c3)cc3[nH]ncc23)cs1. The number of hydrogen-bond acceptors (Lipinski definition) is 7. The Morgan fingerprint density at radius 1 is 1.17 bits per heavy atom. The van der Waals surface area contributed by atoms with E-state index in [0.29, 0.717) is 22.6 Å². The third-order valence-corrected chi connectivity index (χ3v) is 6.21. The Morgan fingerprint density at radius 2 is 1.97 bits per heavy atom. The smallest absolute Gasteiger partial charge is 0.275 e. The van der Waals surface area contributed by atoms with Crippen LogP contribution in [0.3, 0.4) is 0 Å². The largest absolute Gasteiger partial charge is 0.320 e. The average Bonchev–Trinajstić information content (AvgIpc) is 3.31. The number of nitrogens with one attached hydrogen (secondary N) is 2. The van der Waals surface area contributed by atoms with E-state index in [1.54, 1.807) is 24.7 Å². The number of benzene rings is 1. The molecule has 0 bridgehead atoms. The van der Waals surface area contributed by atoms with Gasteiger partial charge in [0.25, 0.3) is 5.91 Å². The topological polar surface area (TPSA) is 118 Å². The number of anilines is 1. The summed E-state index contributed by atoms with van der Waals surface area (Å²) in [5.41, 5.74) is 4.50. The van der Waals surface area contributed by atoms with Crippen LogP contribution in [0.1, 0.15) is 26.8 Å². The molecule has 154 valence electrons. The number of carbonyl (C=O) groups excluding carboxylic acids is 1. The third-order valence-electron chi connectivity index (χ3n) is 4.60. The normalized spacial score (nSPS) is 11.7. The molecule has 3 heterocycles. The summed E-state index contributed by atoms with van der Waals surface area (Å²) in [4.78, 5) is 21.2. The molecular formula is C20H19N5O3S2. The van der Waals surface area contributed by atoms with Gasteiger partial charge in [-0.25, -0.2) is 13.4 Å². The number of hydrogen-bond donors (Lipinski definition) is 2. The lowest BCUT2D eigenvalue weighted by atomic mass is 10.0. The highest BCUT2D eigenvalue weighted by molar-refractivity contribution is 7.89. The number of thiazole rings is 1. The van der Waals surface area contributed by atoms with Gasteiger partial charge in [-0.15, -0.1) is 11.3 Å². The zero-order chi connectivity index (χ0) is 21.5. The van der Waals surface area contributed by atoms with Crippen LogP contribution in [0.25, 0.3) is 22.0 Å². The maximum Gasteiger partial charge on any atom is 0.275 e. The number of carbonyl (C=O) groups is 1. The highest BCUT2D eigenvalue weighted by Crippen LogP contribution is 2.31. The van der Waals surface area contributed by atoms with Crippen molar-refractivity contribution in [1.82, 2.24) is 20.2 Å². The highest BCUT2D eigenvalue weighted by Gasteiger charge is 2.15. The summed E-state index contributed by atoms with van der Waals surface area (Å²) in [7, 11) is -3.20.